The Balaban J connectivity index is 2.22. The van der Waals surface area contributed by atoms with Crippen LogP contribution in [0.5, 0.6) is 0 Å². The van der Waals surface area contributed by atoms with E-state index in [1.54, 1.807) is 18.2 Å². The van der Waals surface area contributed by atoms with Crippen LogP contribution in [0.4, 0.5) is 11.4 Å². The van der Waals surface area contributed by atoms with Gasteiger partial charge in [-0.25, -0.2) is 0 Å². The van der Waals surface area contributed by atoms with E-state index >= 15 is 0 Å². The van der Waals surface area contributed by atoms with Crippen LogP contribution in [0.1, 0.15) is 5.56 Å². The molecule has 4 nitrogen and oxygen atoms in total. The van der Waals surface area contributed by atoms with E-state index in [2.05, 4.69) is 43.8 Å². The minimum atomic E-state index is -0.379. The van der Waals surface area contributed by atoms with Crippen molar-refractivity contribution < 1.29 is 4.92 Å². The van der Waals surface area contributed by atoms with Gasteiger partial charge in [0.1, 0.15) is 0 Å². The molecule has 2 aromatic rings. The maximum atomic E-state index is 11.0. The molecule has 0 aliphatic rings. The van der Waals surface area contributed by atoms with Crippen LogP contribution in [0.2, 0.25) is 5.02 Å². The van der Waals surface area contributed by atoms with Crippen LogP contribution in [0.3, 0.4) is 0 Å². The topological polar surface area (TPSA) is 55.2 Å². The Morgan fingerprint density at radius 2 is 2.05 bits per heavy atom. The van der Waals surface area contributed by atoms with Gasteiger partial charge in [-0.15, -0.1) is 0 Å². The summed E-state index contributed by atoms with van der Waals surface area (Å²) in [7, 11) is 0. The van der Waals surface area contributed by atoms with Crippen molar-refractivity contribution >= 4 is 61.5 Å². The Hall–Kier alpha value is -0.860. The zero-order chi connectivity index (χ0) is 14.7. The van der Waals surface area contributed by atoms with Crippen molar-refractivity contribution in [2.75, 3.05) is 5.32 Å². The lowest BCUT2D eigenvalue weighted by Gasteiger charge is -2.09. The number of nitro groups is 1. The molecule has 1 N–H and O–H groups in total. The van der Waals surface area contributed by atoms with Crippen molar-refractivity contribution in [2.24, 2.45) is 0 Å². The average Bonchev–Trinajstić information content (AvgIpc) is 2.37. The zero-order valence-electron chi connectivity index (χ0n) is 10.1. The molecule has 0 aliphatic carbocycles. The number of hydrogen-bond acceptors (Lipinski definition) is 3. The highest BCUT2D eigenvalue weighted by Gasteiger charge is 2.13. The predicted molar refractivity (Wildman–Crippen MR) is 92.3 cm³/mol. The second-order valence-corrected chi connectivity index (χ2v) is 6.52. The molecule has 0 aliphatic heterocycles. The van der Waals surface area contributed by atoms with E-state index in [-0.39, 0.29) is 10.6 Å². The highest BCUT2D eigenvalue weighted by Crippen LogP contribution is 2.26. The molecular formula is C13H9BrClIN2O2. The van der Waals surface area contributed by atoms with Crippen molar-refractivity contribution in [3.05, 3.63) is 65.1 Å². The standard InChI is InChI=1S/C13H9BrClIN2O2/c14-9-1-4-13(18(19)20)8(5-9)7-17-12-3-2-10(15)6-11(12)16/h1-6,17H,7H2. The third-order valence-corrected chi connectivity index (χ3v) is 4.26. The predicted octanol–water partition coefficient (Wildman–Crippen LogP) is 5.23. The molecule has 0 saturated heterocycles. The summed E-state index contributed by atoms with van der Waals surface area (Å²) in [5.74, 6) is 0. The number of anilines is 1. The third-order valence-electron chi connectivity index (χ3n) is 2.64. The minimum absolute atomic E-state index is 0.102. The third kappa shape index (κ3) is 3.83. The molecular weight excluding hydrogens is 458 g/mol. The molecule has 7 heteroatoms. The molecule has 0 bridgehead atoms. The van der Waals surface area contributed by atoms with Gasteiger partial charge in [-0.1, -0.05) is 27.5 Å². The summed E-state index contributed by atoms with van der Waals surface area (Å²) in [4.78, 5) is 10.6. The fourth-order valence-corrected chi connectivity index (χ4v) is 3.17. The Bertz CT molecular complexity index is 667. The summed E-state index contributed by atoms with van der Waals surface area (Å²) >= 11 is 11.4. The lowest BCUT2D eigenvalue weighted by atomic mass is 10.2. The van der Waals surface area contributed by atoms with Gasteiger partial charge in [0.05, 0.1) is 4.92 Å². The zero-order valence-corrected chi connectivity index (χ0v) is 14.6. The van der Waals surface area contributed by atoms with Gasteiger partial charge in [0.2, 0.25) is 0 Å². The van der Waals surface area contributed by atoms with Crippen molar-refractivity contribution in [1.82, 2.24) is 0 Å². The number of nitrogens with one attached hydrogen (secondary N) is 1. The second kappa shape index (κ2) is 6.73. The van der Waals surface area contributed by atoms with E-state index in [9.17, 15) is 10.1 Å². The van der Waals surface area contributed by atoms with E-state index in [1.807, 2.05) is 12.1 Å². The number of benzene rings is 2. The fraction of sp³-hybridized carbons (Fsp3) is 0.0769. The van der Waals surface area contributed by atoms with Gasteiger partial charge in [-0.3, -0.25) is 10.1 Å². The summed E-state index contributed by atoms with van der Waals surface area (Å²) in [6.45, 7) is 0.368. The molecule has 0 aromatic heterocycles. The Kier molecular flexibility index (Phi) is 5.22. The van der Waals surface area contributed by atoms with Crippen LogP contribution in [0.15, 0.2) is 40.9 Å². The van der Waals surface area contributed by atoms with Gasteiger partial charge in [-0.05, 0) is 52.9 Å². The molecule has 0 amide bonds. The molecule has 0 radical (unpaired) electrons. The number of rotatable bonds is 4. The van der Waals surface area contributed by atoms with E-state index in [4.69, 9.17) is 11.6 Å². The van der Waals surface area contributed by atoms with Gasteiger partial charge in [0.15, 0.2) is 0 Å². The maximum absolute atomic E-state index is 11.0. The number of nitro benzene ring substituents is 1. The second-order valence-electron chi connectivity index (χ2n) is 4.01. The Morgan fingerprint density at radius 3 is 2.70 bits per heavy atom. The van der Waals surface area contributed by atoms with Gasteiger partial charge in [-0.2, -0.15) is 0 Å². The van der Waals surface area contributed by atoms with Crippen LogP contribution in [-0.2, 0) is 6.54 Å². The Labute approximate surface area is 142 Å². The van der Waals surface area contributed by atoms with E-state index < -0.39 is 0 Å². The smallest absolute Gasteiger partial charge is 0.274 e. The van der Waals surface area contributed by atoms with Gasteiger partial charge in [0.25, 0.3) is 5.69 Å². The first kappa shape index (κ1) is 15.5. The molecule has 0 fully saturated rings. The molecule has 2 aromatic carbocycles. The first-order chi connectivity index (χ1) is 9.47. The summed E-state index contributed by atoms with van der Waals surface area (Å²) in [6, 6.07) is 10.4. The quantitative estimate of drug-likeness (QED) is 0.381. The molecule has 0 spiro atoms. The molecule has 20 heavy (non-hydrogen) atoms. The molecule has 2 rings (SSSR count). The minimum Gasteiger partial charge on any atom is -0.380 e. The van der Waals surface area contributed by atoms with Gasteiger partial charge < -0.3 is 5.32 Å². The van der Waals surface area contributed by atoms with Crippen molar-refractivity contribution in [3.63, 3.8) is 0 Å². The van der Waals surface area contributed by atoms with Crippen LogP contribution in [-0.4, -0.2) is 4.92 Å². The summed E-state index contributed by atoms with van der Waals surface area (Å²) in [5, 5.41) is 14.8. The first-order valence-electron chi connectivity index (χ1n) is 5.59. The van der Waals surface area contributed by atoms with Crippen molar-refractivity contribution in [3.8, 4) is 0 Å². The molecule has 104 valence electrons. The monoisotopic (exact) mass is 466 g/mol. The van der Waals surface area contributed by atoms with E-state index in [1.165, 1.54) is 6.07 Å². The number of nitrogens with zero attached hydrogens (tertiary/aromatic N) is 1. The van der Waals surface area contributed by atoms with Crippen LogP contribution >= 0.6 is 50.1 Å². The summed E-state index contributed by atoms with van der Waals surface area (Å²) in [6.07, 6.45) is 0. The van der Waals surface area contributed by atoms with Crippen molar-refractivity contribution in [1.29, 1.82) is 0 Å². The number of halogens is 3. The van der Waals surface area contributed by atoms with E-state index in [0.717, 1.165) is 13.7 Å². The first-order valence-corrected chi connectivity index (χ1v) is 7.84. The van der Waals surface area contributed by atoms with Crippen molar-refractivity contribution in [2.45, 2.75) is 6.54 Å². The largest absolute Gasteiger partial charge is 0.380 e. The molecule has 0 saturated carbocycles. The number of hydrogen-bond donors (Lipinski definition) is 1. The van der Waals surface area contributed by atoms with Crippen LogP contribution in [0, 0.1) is 13.7 Å². The van der Waals surface area contributed by atoms with Crippen LogP contribution in [0.25, 0.3) is 0 Å². The maximum Gasteiger partial charge on any atom is 0.274 e. The molecule has 0 heterocycles. The highest BCUT2D eigenvalue weighted by atomic mass is 127. The lowest BCUT2D eigenvalue weighted by molar-refractivity contribution is -0.385. The lowest BCUT2D eigenvalue weighted by Crippen LogP contribution is -2.04. The van der Waals surface area contributed by atoms with E-state index in [0.29, 0.717) is 17.1 Å². The summed E-state index contributed by atoms with van der Waals surface area (Å²) < 4.78 is 1.78. The fourth-order valence-electron chi connectivity index (χ4n) is 1.70. The average molecular weight is 467 g/mol. The van der Waals surface area contributed by atoms with Gasteiger partial charge >= 0.3 is 0 Å². The van der Waals surface area contributed by atoms with Gasteiger partial charge in [0, 0.05) is 36.9 Å². The summed E-state index contributed by atoms with van der Waals surface area (Å²) in [5.41, 5.74) is 1.61. The highest BCUT2D eigenvalue weighted by molar-refractivity contribution is 14.1. The molecule has 0 atom stereocenters. The normalized spacial score (nSPS) is 10.3. The Morgan fingerprint density at radius 1 is 1.30 bits per heavy atom. The SMILES string of the molecule is O=[N+]([O-])c1ccc(Br)cc1CNc1ccc(Cl)cc1I. The van der Waals surface area contributed by atoms with Crippen LogP contribution < -0.4 is 5.32 Å². The molecule has 0 unspecified atom stereocenters.